The Kier molecular flexibility index (Phi) is 6.68. The second-order valence-electron chi connectivity index (χ2n) is 7.15. The van der Waals surface area contributed by atoms with E-state index in [1.807, 2.05) is 0 Å². The van der Waals surface area contributed by atoms with Crippen molar-refractivity contribution in [3.05, 3.63) is 82.7 Å². The molecule has 2 aromatic carbocycles. The van der Waals surface area contributed by atoms with Crippen molar-refractivity contribution in [2.24, 2.45) is 0 Å². The fourth-order valence-electron chi connectivity index (χ4n) is 3.34. The van der Waals surface area contributed by atoms with Crippen molar-refractivity contribution in [3.8, 4) is 5.69 Å². The van der Waals surface area contributed by atoms with Crippen molar-refractivity contribution in [3.63, 3.8) is 0 Å². The molecule has 0 unspecified atom stereocenters. The van der Waals surface area contributed by atoms with Gasteiger partial charge in [0.15, 0.2) is 6.61 Å². The number of Topliss-reactive ketones (excluding diaryl/α,β-unsaturated/α-hetero) is 1. The summed E-state index contributed by atoms with van der Waals surface area (Å²) in [4.78, 5) is 25.4. The molecule has 3 rings (SSSR count). The number of carbonyl (C=O) groups is 2. The van der Waals surface area contributed by atoms with Gasteiger partial charge in [0, 0.05) is 44.6 Å². The highest BCUT2D eigenvalue weighted by atomic mass is 32.2. The lowest BCUT2D eigenvalue weighted by atomic mass is 10.1. The Labute approximate surface area is 185 Å². The fraction of sp³-hybridized carbons (Fsp3) is 0.217. The largest absolute Gasteiger partial charge is 0.454 e. The van der Waals surface area contributed by atoms with Crippen LogP contribution in [0.25, 0.3) is 5.69 Å². The molecule has 9 heteroatoms. The monoisotopic (exact) mass is 463 g/mol. The van der Waals surface area contributed by atoms with Crippen LogP contribution in [0.2, 0.25) is 0 Å². The van der Waals surface area contributed by atoms with Gasteiger partial charge in [-0.3, -0.25) is 9.00 Å². The predicted octanol–water partition coefficient (Wildman–Crippen LogP) is 4.89. The van der Waals surface area contributed by atoms with E-state index in [9.17, 15) is 27.0 Å². The molecular formula is C23H20F3NO4S. The van der Waals surface area contributed by atoms with E-state index in [4.69, 9.17) is 4.74 Å². The number of aryl methyl sites for hydroxylation is 1. The standard InChI is InChI=1S/C23H20F3NO4S/c1-14-11-20(15(2)27(14)18-6-4-5-17(12-18)23(24,25)26)21(28)13-31-22(29)16-7-9-19(10-8-16)32(3)30/h4-12H,13H2,1-3H3/t32-/m0/s1. The van der Waals surface area contributed by atoms with Crippen LogP contribution in [0.3, 0.4) is 0 Å². The van der Waals surface area contributed by atoms with Gasteiger partial charge in [0.25, 0.3) is 0 Å². The Morgan fingerprint density at radius 2 is 1.69 bits per heavy atom. The van der Waals surface area contributed by atoms with Gasteiger partial charge in [-0.25, -0.2) is 4.79 Å². The van der Waals surface area contributed by atoms with Crippen LogP contribution in [0.5, 0.6) is 0 Å². The van der Waals surface area contributed by atoms with Crippen LogP contribution in [-0.4, -0.2) is 33.4 Å². The van der Waals surface area contributed by atoms with Crippen LogP contribution in [0, 0.1) is 13.8 Å². The van der Waals surface area contributed by atoms with E-state index in [1.54, 1.807) is 24.5 Å². The third kappa shape index (κ3) is 4.99. The third-order valence-corrected chi connectivity index (χ3v) is 5.86. The van der Waals surface area contributed by atoms with E-state index in [-0.39, 0.29) is 16.8 Å². The highest BCUT2D eigenvalue weighted by Crippen LogP contribution is 2.31. The van der Waals surface area contributed by atoms with Gasteiger partial charge >= 0.3 is 12.1 Å². The minimum atomic E-state index is -4.48. The molecule has 0 spiro atoms. The number of ketones is 1. The molecule has 32 heavy (non-hydrogen) atoms. The molecule has 3 aromatic rings. The number of rotatable bonds is 6. The van der Waals surface area contributed by atoms with Crippen LogP contribution in [0.4, 0.5) is 13.2 Å². The first-order valence-electron chi connectivity index (χ1n) is 9.49. The number of aromatic nitrogens is 1. The second kappa shape index (κ2) is 9.12. The Morgan fingerprint density at radius 3 is 2.28 bits per heavy atom. The molecule has 0 N–H and O–H groups in total. The number of carbonyl (C=O) groups excluding carboxylic acids is 2. The van der Waals surface area contributed by atoms with E-state index >= 15 is 0 Å². The Balaban J connectivity index is 1.77. The number of esters is 1. The molecule has 0 fully saturated rings. The second-order valence-corrected chi connectivity index (χ2v) is 8.53. The van der Waals surface area contributed by atoms with Gasteiger partial charge in [-0.05, 0) is 62.4 Å². The summed E-state index contributed by atoms with van der Waals surface area (Å²) in [6.45, 7) is 2.77. The van der Waals surface area contributed by atoms with Gasteiger partial charge in [-0.15, -0.1) is 0 Å². The van der Waals surface area contributed by atoms with Gasteiger partial charge in [0.1, 0.15) is 0 Å². The van der Waals surface area contributed by atoms with Gasteiger partial charge < -0.3 is 9.30 Å². The van der Waals surface area contributed by atoms with E-state index in [1.165, 1.54) is 42.7 Å². The molecule has 1 atom stereocenters. The van der Waals surface area contributed by atoms with Crippen LogP contribution >= 0.6 is 0 Å². The highest BCUT2D eigenvalue weighted by Gasteiger charge is 2.31. The summed E-state index contributed by atoms with van der Waals surface area (Å²) in [7, 11) is -1.18. The van der Waals surface area contributed by atoms with Gasteiger partial charge in [-0.2, -0.15) is 13.2 Å². The molecule has 0 amide bonds. The average Bonchev–Trinajstić information content (AvgIpc) is 3.05. The number of hydrogen-bond acceptors (Lipinski definition) is 4. The maximum Gasteiger partial charge on any atom is 0.416 e. The summed E-state index contributed by atoms with van der Waals surface area (Å²) < 4.78 is 57.3. The van der Waals surface area contributed by atoms with Crippen molar-refractivity contribution in [2.45, 2.75) is 24.9 Å². The zero-order chi connectivity index (χ0) is 23.6. The molecule has 0 radical (unpaired) electrons. The minimum absolute atomic E-state index is 0.210. The number of hydrogen-bond donors (Lipinski definition) is 0. The van der Waals surface area contributed by atoms with Crippen molar-refractivity contribution in [2.75, 3.05) is 12.9 Å². The van der Waals surface area contributed by atoms with Crippen LogP contribution < -0.4 is 0 Å². The molecule has 0 saturated carbocycles. The molecule has 0 bridgehead atoms. The van der Waals surface area contributed by atoms with E-state index in [2.05, 4.69) is 0 Å². The lowest BCUT2D eigenvalue weighted by Crippen LogP contribution is -2.15. The number of alkyl halides is 3. The van der Waals surface area contributed by atoms with Crippen molar-refractivity contribution >= 4 is 22.6 Å². The predicted molar refractivity (Wildman–Crippen MR) is 114 cm³/mol. The normalized spacial score (nSPS) is 12.4. The lowest BCUT2D eigenvalue weighted by Gasteiger charge is -2.13. The highest BCUT2D eigenvalue weighted by molar-refractivity contribution is 7.84. The molecule has 1 aromatic heterocycles. The number of nitrogens with zero attached hydrogens (tertiary/aromatic N) is 1. The number of benzene rings is 2. The summed E-state index contributed by atoms with van der Waals surface area (Å²) in [6.07, 6.45) is -2.97. The molecule has 0 aliphatic heterocycles. The summed E-state index contributed by atoms with van der Waals surface area (Å²) in [5.41, 5.74) is 0.963. The quantitative estimate of drug-likeness (QED) is 0.386. The molecule has 1 heterocycles. The van der Waals surface area contributed by atoms with E-state index in [0.29, 0.717) is 16.3 Å². The first kappa shape index (κ1) is 23.5. The molecule has 168 valence electrons. The summed E-state index contributed by atoms with van der Waals surface area (Å²) in [5, 5.41) is 0. The van der Waals surface area contributed by atoms with Crippen molar-refractivity contribution in [1.82, 2.24) is 4.57 Å². The zero-order valence-electron chi connectivity index (χ0n) is 17.5. The van der Waals surface area contributed by atoms with Crippen molar-refractivity contribution < 1.29 is 31.7 Å². The lowest BCUT2D eigenvalue weighted by molar-refractivity contribution is -0.137. The summed E-state index contributed by atoms with van der Waals surface area (Å²) in [5.74, 6) is -1.19. The summed E-state index contributed by atoms with van der Waals surface area (Å²) >= 11 is 0. The van der Waals surface area contributed by atoms with E-state index in [0.717, 1.165) is 12.1 Å². The number of halogens is 3. The Hall–Kier alpha value is -3.20. The molecule has 0 saturated heterocycles. The molecule has 0 aliphatic rings. The van der Waals surface area contributed by atoms with Crippen LogP contribution in [-0.2, 0) is 21.7 Å². The average molecular weight is 463 g/mol. The van der Waals surface area contributed by atoms with Crippen molar-refractivity contribution in [1.29, 1.82) is 0 Å². The third-order valence-electron chi connectivity index (χ3n) is 4.92. The van der Waals surface area contributed by atoms with Crippen LogP contribution in [0.15, 0.2) is 59.5 Å². The first-order valence-corrected chi connectivity index (χ1v) is 11.0. The van der Waals surface area contributed by atoms with Gasteiger partial charge in [0.2, 0.25) is 5.78 Å². The maximum atomic E-state index is 13.1. The van der Waals surface area contributed by atoms with Gasteiger partial charge in [-0.1, -0.05) is 6.07 Å². The smallest absolute Gasteiger partial charge is 0.416 e. The van der Waals surface area contributed by atoms with Gasteiger partial charge in [0.05, 0.1) is 11.1 Å². The minimum Gasteiger partial charge on any atom is -0.454 e. The Morgan fingerprint density at radius 1 is 1.03 bits per heavy atom. The topological polar surface area (TPSA) is 65.4 Å². The maximum absolute atomic E-state index is 13.1. The zero-order valence-corrected chi connectivity index (χ0v) is 18.3. The Bertz CT molecular complexity index is 1200. The SMILES string of the molecule is Cc1cc(C(=O)COC(=O)c2ccc([S@](C)=O)cc2)c(C)n1-c1cccc(C(F)(F)F)c1. The van der Waals surface area contributed by atoms with E-state index < -0.39 is 40.9 Å². The molecule has 5 nitrogen and oxygen atoms in total. The molecule has 0 aliphatic carbocycles. The number of ether oxygens (including phenoxy) is 1. The molecular weight excluding hydrogens is 443 g/mol. The fourth-order valence-corrected chi connectivity index (χ4v) is 3.86. The first-order chi connectivity index (χ1) is 15.0. The summed E-state index contributed by atoms with van der Waals surface area (Å²) in [6, 6.07) is 12.4. The van der Waals surface area contributed by atoms with Crippen LogP contribution in [0.1, 0.15) is 37.7 Å².